The van der Waals surface area contributed by atoms with Gasteiger partial charge in [0.05, 0.1) is 24.7 Å². The van der Waals surface area contributed by atoms with Gasteiger partial charge in [0.2, 0.25) is 5.91 Å². The molecule has 0 aliphatic carbocycles. The highest BCUT2D eigenvalue weighted by Gasteiger charge is 2.49. The number of piperidine rings is 1. The summed E-state index contributed by atoms with van der Waals surface area (Å²) in [5.74, 6) is -0.944. The minimum absolute atomic E-state index is 0.0236. The normalized spacial score (nSPS) is 32.8. The van der Waals surface area contributed by atoms with Gasteiger partial charge in [0, 0.05) is 0 Å². The van der Waals surface area contributed by atoms with Crippen LogP contribution >= 0.6 is 0 Å². The highest BCUT2D eigenvalue weighted by atomic mass is 16.5. The van der Waals surface area contributed by atoms with Gasteiger partial charge < -0.3 is 20.5 Å². The summed E-state index contributed by atoms with van der Waals surface area (Å²) in [6.45, 7) is 5.73. The molecule has 0 spiro atoms. The summed E-state index contributed by atoms with van der Waals surface area (Å²) >= 11 is 0. The van der Waals surface area contributed by atoms with E-state index in [1.165, 1.54) is 0 Å². The fourth-order valence-corrected chi connectivity index (χ4v) is 3.04. The Balaban J connectivity index is 2.08. The van der Waals surface area contributed by atoms with E-state index in [9.17, 15) is 14.7 Å². The van der Waals surface area contributed by atoms with Crippen molar-refractivity contribution in [3.05, 3.63) is 0 Å². The smallest absolute Gasteiger partial charge is 0.313 e. The van der Waals surface area contributed by atoms with Crippen molar-refractivity contribution in [2.45, 2.75) is 39.2 Å². The number of carboxylic acids is 1. The molecule has 0 aromatic carbocycles. The van der Waals surface area contributed by atoms with Gasteiger partial charge in [-0.25, -0.2) is 0 Å². The standard InChI is InChI=1S/C14H24N2O4/c1-3-14(4-6-15-7-5-14)11(17)16-10-8-20-9-13(10,2)12(18)19/h10,15H,3-9H2,1-2H3,(H,16,17)(H,18,19). The van der Waals surface area contributed by atoms with Crippen molar-refractivity contribution in [1.29, 1.82) is 0 Å². The number of ether oxygens (including phenoxy) is 1. The predicted octanol–water partition coefficient (Wildman–Crippen LogP) is 0.372. The van der Waals surface area contributed by atoms with Crippen molar-refractivity contribution in [1.82, 2.24) is 10.6 Å². The van der Waals surface area contributed by atoms with E-state index in [2.05, 4.69) is 10.6 Å². The van der Waals surface area contributed by atoms with Gasteiger partial charge in [0.1, 0.15) is 5.41 Å². The molecule has 2 aliphatic rings. The van der Waals surface area contributed by atoms with Crippen LogP contribution in [-0.2, 0) is 14.3 Å². The number of carbonyl (C=O) groups is 2. The molecule has 0 aromatic rings. The molecular weight excluding hydrogens is 260 g/mol. The molecule has 0 bridgehead atoms. The molecule has 6 heteroatoms. The highest BCUT2D eigenvalue weighted by molar-refractivity contribution is 5.84. The van der Waals surface area contributed by atoms with Gasteiger partial charge in [-0.3, -0.25) is 9.59 Å². The topological polar surface area (TPSA) is 87.7 Å². The van der Waals surface area contributed by atoms with E-state index in [1.54, 1.807) is 6.92 Å². The number of hydrogen-bond donors (Lipinski definition) is 3. The fraction of sp³-hybridized carbons (Fsp3) is 0.857. The van der Waals surface area contributed by atoms with Crippen LogP contribution in [0.1, 0.15) is 33.1 Å². The van der Waals surface area contributed by atoms with Crippen LogP contribution in [-0.4, -0.2) is 49.3 Å². The van der Waals surface area contributed by atoms with E-state index in [0.717, 1.165) is 32.4 Å². The van der Waals surface area contributed by atoms with E-state index >= 15 is 0 Å². The minimum atomic E-state index is -1.03. The zero-order chi connectivity index (χ0) is 14.8. The number of aliphatic carboxylic acids is 1. The molecule has 3 N–H and O–H groups in total. The number of nitrogens with one attached hydrogen (secondary N) is 2. The van der Waals surface area contributed by atoms with E-state index < -0.39 is 17.4 Å². The Morgan fingerprint density at radius 2 is 2.05 bits per heavy atom. The summed E-state index contributed by atoms with van der Waals surface area (Å²) in [6.07, 6.45) is 2.37. The molecule has 2 unspecified atom stereocenters. The van der Waals surface area contributed by atoms with Crippen LogP contribution < -0.4 is 10.6 Å². The lowest BCUT2D eigenvalue weighted by Gasteiger charge is -2.37. The van der Waals surface area contributed by atoms with Crippen LogP contribution in [0.25, 0.3) is 0 Å². The van der Waals surface area contributed by atoms with Gasteiger partial charge in [0.15, 0.2) is 0 Å². The molecule has 2 heterocycles. The lowest BCUT2D eigenvalue weighted by atomic mass is 9.75. The quantitative estimate of drug-likeness (QED) is 0.694. The minimum Gasteiger partial charge on any atom is -0.481 e. The summed E-state index contributed by atoms with van der Waals surface area (Å²) < 4.78 is 5.28. The second-order valence-electron chi connectivity index (χ2n) is 6.15. The summed E-state index contributed by atoms with van der Waals surface area (Å²) in [7, 11) is 0. The number of rotatable bonds is 4. The van der Waals surface area contributed by atoms with Crippen molar-refractivity contribution >= 4 is 11.9 Å². The van der Waals surface area contributed by atoms with E-state index in [4.69, 9.17) is 4.74 Å². The Morgan fingerprint density at radius 1 is 1.40 bits per heavy atom. The number of carbonyl (C=O) groups excluding carboxylic acids is 1. The molecule has 2 saturated heterocycles. The van der Waals surface area contributed by atoms with Crippen molar-refractivity contribution < 1.29 is 19.4 Å². The lowest BCUT2D eigenvalue weighted by Crippen LogP contribution is -2.55. The van der Waals surface area contributed by atoms with E-state index in [0.29, 0.717) is 0 Å². The number of carboxylic acid groups (broad SMARTS) is 1. The molecule has 0 aromatic heterocycles. The Kier molecular flexibility index (Phi) is 4.34. The predicted molar refractivity (Wildman–Crippen MR) is 73.3 cm³/mol. The first-order valence-corrected chi connectivity index (χ1v) is 7.27. The maximum atomic E-state index is 12.6. The monoisotopic (exact) mass is 284 g/mol. The molecular formula is C14H24N2O4. The van der Waals surface area contributed by atoms with Gasteiger partial charge in [0.25, 0.3) is 0 Å². The third kappa shape index (κ3) is 2.54. The third-order valence-corrected chi connectivity index (χ3v) is 4.97. The van der Waals surface area contributed by atoms with Crippen LogP contribution in [0.2, 0.25) is 0 Å². The van der Waals surface area contributed by atoms with Crippen LogP contribution in [0.5, 0.6) is 0 Å². The first-order valence-electron chi connectivity index (χ1n) is 7.27. The molecule has 1 amide bonds. The molecule has 2 aliphatic heterocycles. The Hall–Kier alpha value is -1.14. The van der Waals surface area contributed by atoms with Crippen molar-refractivity contribution in [3.63, 3.8) is 0 Å². The summed E-state index contributed by atoms with van der Waals surface area (Å²) in [5, 5.41) is 15.5. The second-order valence-corrected chi connectivity index (χ2v) is 6.15. The first kappa shape index (κ1) is 15.3. The molecule has 2 fully saturated rings. The molecule has 114 valence electrons. The molecule has 2 rings (SSSR count). The van der Waals surface area contributed by atoms with Crippen LogP contribution in [0, 0.1) is 10.8 Å². The highest BCUT2D eigenvalue weighted by Crippen LogP contribution is 2.35. The van der Waals surface area contributed by atoms with E-state index in [-0.39, 0.29) is 24.5 Å². The Morgan fingerprint density at radius 3 is 2.60 bits per heavy atom. The number of amides is 1. The Labute approximate surface area is 119 Å². The van der Waals surface area contributed by atoms with Gasteiger partial charge >= 0.3 is 5.97 Å². The molecule has 0 saturated carbocycles. The van der Waals surface area contributed by atoms with Gasteiger partial charge in [-0.2, -0.15) is 0 Å². The fourth-order valence-electron chi connectivity index (χ4n) is 3.04. The third-order valence-electron chi connectivity index (χ3n) is 4.97. The van der Waals surface area contributed by atoms with Gasteiger partial charge in [-0.15, -0.1) is 0 Å². The molecule has 0 radical (unpaired) electrons. The zero-order valence-corrected chi connectivity index (χ0v) is 12.2. The maximum Gasteiger partial charge on any atom is 0.313 e. The Bertz CT molecular complexity index is 393. The van der Waals surface area contributed by atoms with Crippen LogP contribution in [0.4, 0.5) is 0 Å². The largest absolute Gasteiger partial charge is 0.481 e. The first-order chi connectivity index (χ1) is 9.44. The maximum absolute atomic E-state index is 12.6. The lowest BCUT2D eigenvalue weighted by molar-refractivity contribution is -0.149. The average Bonchev–Trinajstić information content (AvgIpc) is 2.82. The average molecular weight is 284 g/mol. The molecule has 2 atom stereocenters. The number of hydrogen-bond acceptors (Lipinski definition) is 4. The summed E-state index contributed by atoms with van der Waals surface area (Å²) in [4.78, 5) is 24.0. The van der Waals surface area contributed by atoms with Crippen molar-refractivity contribution in [2.24, 2.45) is 10.8 Å². The van der Waals surface area contributed by atoms with Crippen molar-refractivity contribution in [2.75, 3.05) is 26.3 Å². The van der Waals surface area contributed by atoms with Crippen LogP contribution in [0.3, 0.4) is 0 Å². The van der Waals surface area contributed by atoms with Gasteiger partial charge in [-0.05, 0) is 39.3 Å². The van der Waals surface area contributed by atoms with Gasteiger partial charge in [-0.1, -0.05) is 6.92 Å². The van der Waals surface area contributed by atoms with E-state index in [1.807, 2.05) is 6.92 Å². The van der Waals surface area contributed by atoms with Crippen molar-refractivity contribution in [3.8, 4) is 0 Å². The molecule has 6 nitrogen and oxygen atoms in total. The van der Waals surface area contributed by atoms with Crippen LogP contribution in [0.15, 0.2) is 0 Å². The second kappa shape index (κ2) is 5.69. The zero-order valence-electron chi connectivity index (χ0n) is 12.2. The SMILES string of the molecule is CCC1(C(=O)NC2COCC2(C)C(=O)O)CCNCC1. The molecule has 20 heavy (non-hydrogen) atoms. The summed E-state index contributed by atoms with van der Waals surface area (Å²) in [5.41, 5.74) is -1.40. The summed E-state index contributed by atoms with van der Waals surface area (Å²) in [6, 6.07) is -0.453.